The van der Waals surface area contributed by atoms with Crippen LogP contribution in [-0.4, -0.2) is 18.6 Å². The number of hydrogen-bond acceptors (Lipinski definition) is 2. The van der Waals surface area contributed by atoms with E-state index in [2.05, 4.69) is 19.2 Å². The molecule has 0 radical (unpaired) electrons. The van der Waals surface area contributed by atoms with Gasteiger partial charge in [0.15, 0.2) is 0 Å². The van der Waals surface area contributed by atoms with Crippen molar-refractivity contribution in [3.05, 3.63) is 0 Å². The third kappa shape index (κ3) is 3.45. The first-order valence-corrected chi connectivity index (χ1v) is 7.69. The Morgan fingerprint density at radius 3 is 2.12 bits per heavy atom. The van der Waals surface area contributed by atoms with Crippen LogP contribution >= 0.6 is 0 Å². The maximum absolute atomic E-state index is 6.01. The highest BCUT2D eigenvalue weighted by Gasteiger charge is 2.42. The second-order valence-electron chi connectivity index (χ2n) is 6.31. The molecule has 0 amide bonds. The summed E-state index contributed by atoms with van der Waals surface area (Å²) >= 11 is 0. The van der Waals surface area contributed by atoms with Crippen molar-refractivity contribution in [1.29, 1.82) is 0 Å². The minimum Gasteiger partial charge on any atom is -0.329 e. The molecule has 0 aliphatic heterocycles. The van der Waals surface area contributed by atoms with Gasteiger partial charge in [0.25, 0.3) is 0 Å². The normalized spacial score (nSPS) is 24.0. The van der Waals surface area contributed by atoms with Crippen molar-refractivity contribution >= 4 is 0 Å². The molecule has 2 aliphatic rings. The molecule has 17 heavy (non-hydrogen) atoms. The summed E-state index contributed by atoms with van der Waals surface area (Å²) in [5.41, 5.74) is 6.23. The lowest BCUT2D eigenvalue weighted by Crippen LogP contribution is -2.52. The Labute approximate surface area is 107 Å². The highest BCUT2D eigenvalue weighted by molar-refractivity contribution is 4.95. The van der Waals surface area contributed by atoms with E-state index >= 15 is 0 Å². The van der Waals surface area contributed by atoms with Crippen molar-refractivity contribution in [1.82, 2.24) is 5.32 Å². The Hall–Kier alpha value is -0.0800. The summed E-state index contributed by atoms with van der Waals surface area (Å²) in [6.07, 6.45) is 9.56. The highest BCUT2D eigenvalue weighted by Crippen LogP contribution is 2.49. The van der Waals surface area contributed by atoms with E-state index in [9.17, 15) is 0 Å². The lowest BCUT2D eigenvalue weighted by atomic mass is 9.88. The average Bonchev–Trinajstić information content (AvgIpc) is 3.20. The maximum Gasteiger partial charge on any atom is 0.0301 e. The van der Waals surface area contributed by atoms with E-state index in [1.54, 1.807) is 0 Å². The summed E-state index contributed by atoms with van der Waals surface area (Å²) in [5, 5.41) is 3.85. The van der Waals surface area contributed by atoms with E-state index in [4.69, 9.17) is 5.73 Å². The zero-order chi connectivity index (χ0) is 12.3. The fourth-order valence-electron chi connectivity index (χ4n) is 3.29. The van der Waals surface area contributed by atoms with Crippen LogP contribution in [-0.2, 0) is 0 Å². The lowest BCUT2D eigenvalue weighted by Gasteiger charge is -2.34. The van der Waals surface area contributed by atoms with E-state index < -0.39 is 0 Å². The number of rotatable bonds is 9. The van der Waals surface area contributed by atoms with Crippen LogP contribution in [0.5, 0.6) is 0 Å². The van der Waals surface area contributed by atoms with Crippen LogP contribution < -0.4 is 11.1 Å². The molecule has 0 bridgehead atoms. The van der Waals surface area contributed by atoms with E-state index in [-0.39, 0.29) is 5.54 Å². The molecule has 100 valence electrons. The van der Waals surface area contributed by atoms with Crippen molar-refractivity contribution in [2.45, 2.75) is 64.3 Å². The van der Waals surface area contributed by atoms with E-state index in [1.807, 2.05) is 0 Å². The zero-order valence-corrected chi connectivity index (χ0v) is 11.7. The van der Waals surface area contributed by atoms with Gasteiger partial charge in [-0.25, -0.2) is 0 Å². The summed E-state index contributed by atoms with van der Waals surface area (Å²) in [5.74, 6) is 3.05. The van der Waals surface area contributed by atoms with Crippen LogP contribution in [0, 0.1) is 17.8 Å². The predicted octanol–water partition coefficient (Wildman–Crippen LogP) is 2.92. The number of nitrogens with two attached hydrogens (primary N) is 1. The Bertz CT molecular complexity index is 215. The van der Waals surface area contributed by atoms with E-state index in [0.717, 1.165) is 24.3 Å². The topological polar surface area (TPSA) is 38.0 Å². The molecule has 2 nitrogen and oxygen atoms in total. The quantitative estimate of drug-likeness (QED) is 0.648. The van der Waals surface area contributed by atoms with Gasteiger partial charge >= 0.3 is 0 Å². The van der Waals surface area contributed by atoms with Gasteiger partial charge in [-0.3, -0.25) is 0 Å². The second kappa shape index (κ2) is 5.71. The third-order valence-electron chi connectivity index (χ3n) is 4.96. The molecule has 0 spiro atoms. The number of hydrogen-bond donors (Lipinski definition) is 2. The first kappa shape index (κ1) is 13.4. The summed E-state index contributed by atoms with van der Waals surface area (Å²) in [7, 11) is 0. The first-order valence-electron chi connectivity index (χ1n) is 7.69. The first-order chi connectivity index (χ1) is 8.24. The molecule has 2 rings (SSSR count). The molecule has 0 heterocycles. The van der Waals surface area contributed by atoms with E-state index in [1.165, 1.54) is 51.5 Å². The van der Waals surface area contributed by atoms with Crippen molar-refractivity contribution in [2.75, 3.05) is 13.1 Å². The van der Waals surface area contributed by atoms with Crippen molar-refractivity contribution in [2.24, 2.45) is 23.5 Å². The Balaban J connectivity index is 1.84. The molecule has 2 saturated carbocycles. The molecule has 2 heteroatoms. The van der Waals surface area contributed by atoms with Crippen molar-refractivity contribution in [3.63, 3.8) is 0 Å². The van der Waals surface area contributed by atoms with Gasteiger partial charge < -0.3 is 11.1 Å². The Morgan fingerprint density at radius 2 is 1.76 bits per heavy atom. The van der Waals surface area contributed by atoms with Gasteiger partial charge in [-0.15, -0.1) is 0 Å². The molecule has 2 aliphatic carbocycles. The molecule has 1 unspecified atom stereocenters. The van der Waals surface area contributed by atoms with Crippen LogP contribution in [0.2, 0.25) is 0 Å². The monoisotopic (exact) mass is 238 g/mol. The van der Waals surface area contributed by atoms with Crippen LogP contribution in [0.1, 0.15) is 58.8 Å². The summed E-state index contributed by atoms with van der Waals surface area (Å²) in [6.45, 7) is 6.56. The lowest BCUT2D eigenvalue weighted by molar-refractivity contribution is 0.255. The summed E-state index contributed by atoms with van der Waals surface area (Å²) in [4.78, 5) is 0. The molecule has 0 aromatic heterocycles. The SMILES string of the molecule is CCCC(CC)(CN)NCC(C1CC1)C1CC1. The number of nitrogens with one attached hydrogen (secondary N) is 1. The summed E-state index contributed by atoms with van der Waals surface area (Å²) in [6, 6.07) is 0. The molecule has 3 N–H and O–H groups in total. The molecule has 0 aromatic carbocycles. The second-order valence-corrected chi connectivity index (χ2v) is 6.31. The van der Waals surface area contributed by atoms with Crippen molar-refractivity contribution in [3.8, 4) is 0 Å². The fraction of sp³-hybridized carbons (Fsp3) is 1.00. The zero-order valence-electron chi connectivity index (χ0n) is 11.7. The Morgan fingerprint density at radius 1 is 1.18 bits per heavy atom. The highest BCUT2D eigenvalue weighted by atomic mass is 15.0. The fourth-order valence-corrected chi connectivity index (χ4v) is 3.29. The average molecular weight is 238 g/mol. The van der Waals surface area contributed by atoms with Gasteiger partial charge in [-0.2, -0.15) is 0 Å². The van der Waals surface area contributed by atoms with Gasteiger partial charge in [0.05, 0.1) is 0 Å². The summed E-state index contributed by atoms with van der Waals surface area (Å²) < 4.78 is 0. The Kier molecular flexibility index (Phi) is 4.48. The smallest absolute Gasteiger partial charge is 0.0301 e. The van der Waals surface area contributed by atoms with Crippen LogP contribution in [0.4, 0.5) is 0 Å². The standard InChI is InChI=1S/C15H30N2/c1-3-9-15(4-2,11-16)17-10-14(12-5-6-12)13-7-8-13/h12-14,17H,3-11,16H2,1-2H3. The minimum absolute atomic E-state index is 0.219. The van der Waals surface area contributed by atoms with Crippen molar-refractivity contribution < 1.29 is 0 Å². The third-order valence-corrected chi connectivity index (χ3v) is 4.96. The predicted molar refractivity (Wildman–Crippen MR) is 73.9 cm³/mol. The molecule has 0 aromatic rings. The van der Waals surface area contributed by atoms with Gasteiger partial charge in [0, 0.05) is 12.1 Å². The van der Waals surface area contributed by atoms with Gasteiger partial charge in [0.2, 0.25) is 0 Å². The molecular weight excluding hydrogens is 208 g/mol. The molecular formula is C15H30N2. The molecule has 2 fully saturated rings. The van der Waals surface area contributed by atoms with Gasteiger partial charge in [-0.05, 0) is 62.8 Å². The van der Waals surface area contributed by atoms with Crippen LogP contribution in [0.25, 0.3) is 0 Å². The van der Waals surface area contributed by atoms with E-state index in [0.29, 0.717) is 0 Å². The largest absolute Gasteiger partial charge is 0.329 e. The molecule has 0 saturated heterocycles. The molecule has 1 atom stereocenters. The van der Waals surface area contributed by atoms with Gasteiger partial charge in [-0.1, -0.05) is 20.3 Å². The van der Waals surface area contributed by atoms with Crippen LogP contribution in [0.15, 0.2) is 0 Å². The van der Waals surface area contributed by atoms with Crippen LogP contribution in [0.3, 0.4) is 0 Å². The maximum atomic E-state index is 6.01. The minimum atomic E-state index is 0.219. The van der Waals surface area contributed by atoms with Gasteiger partial charge in [0.1, 0.15) is 0 Å².